The number of likely N-dealkylation sites (tertiary alicyclic amines) is 1. The van der Waals surface area contributed by atoms with Gasteiger partial charge in [-0.05, 0) is 31.1 Å². The minimum Gasteiger partial charge on any atom is -0.481 e. The van der Waals surface area contributed by atoms with Crippen LogP contribution in [0, 0.1) is 11.3 Å². The highest BCUT2D eigenvalue weighted by Crippen LogP contribution is 2.27. The molecule has 0 aromatic carbocycles. The molecule has 9 nitrogen and oxygen atoms in total. The Morgan fingerprint density at radius 2 is 2.03 bits per heavy atom. The molecule has 2 aromatic heterocycles. The van der Waals surface area contributed by atoms with Crippen LogP contribution >= 0.6 is 11.6 Å². The van der Waals surface area contributed by atoms with Crippen LogP contribution in [0.4, 0.5) is 13.2 Å². The molecular formula is C23H24ClF3N6O3. The monoisotopic (exact) mass is 524 g/mol. The number of allylic oxidation sites excluding steroid dienone is 1. The number of piperidine rings is 1. The number of hydrogen-bond acceptors (Lipinski definition) is 7. The Labute approximate surface area is 210 Å². The molecule has 0 aliphatic carbocycles. The van der Waals surface area contributed by atoms with Crippen LogP contribution < -0.4 is 15.8 Å². The molecular weight excluding hydrogens is 501 g/mol. The number of carbonyl (C=O) groups is 2. The second-order valence-electron chi connectivity index (χ2n) is 8.02. The Morgan fingerprint density at radius 3 is 2.67 bits per heavy atom. The zero-order valence-electron chi connectivity index (χ0n) is 19.2. The van der Waals surface area contributed by atoms with Gasteiger partial charge in [-0.1, -0.05) is 17.7 Å². The Morgan fingerprint density at radius 1 is 1.33 bits per heavy atom. The van der Waals surface area contributed by atoms with Crippen LogP contribution in [0.15, 0.2) is 42.2 Å². The van der Waals surface area contributed by atoms with Crippen LogP contribution in [0.25, 0.3) is 0 Å². The van der Waals surface area contributed by atoms with Crippen molar-refractivity contribution >= 4 is 29.1 Å². The highest BCUT2D eigenvalue weighted by Gasteiger charge is 2.32. The maximum Gasteiger partial charge on any atom is 0.433 e. The average Bonchev–Trinajstić information content (AvgIpc) is 2.86. The number of rotatable bonds is 7. The molecule has 1 fully saturated rings. The first-order valence-electron chi connectivity index (χ1n) is 10.8. The molecule has 3 rings (SSSR count). The number of aromatic nitrogens is 2. The van der Waals surface area contributed by atoms with E-state index in [1.165, 1.54) is 42.5 Å². The normalized spacial score (nSPS) is 14.9. The molecule has 0 spiro atoms. The molecule has 1 aliphatic rings. The van der Waals surface area contributed by atoms with Crippen molar-refractivity contribution in [3.63, 3.8) is 0 Å². The highest BCUT2D eigenvalue weighted by molar-refractivity contribution is 6.34. The summed E-state index contributed by atoms with van der Waals surface area (Å²) in [6.45, 7) is 0.372. The van der Waals surface area contributed by atoms with Gasteiger partial charge in [0, 0.05) is 30.6 Å². The molecule has 2 amide bonds. The third kappa shape index (κ3) is 6.72. The van der Waals surface area contributed by atoms with Gasteiger partial charge in [0.1, 0.15) is 5.69 Å². The fourth-order valence-corrected chi connectivity index (χ4v) is 3.82. The summed E-state index contributed by atoms with van der Waals surface area (Å²) in [5.74, 6) is -0.968. The third-order valence-electron chi connectivity index (χ3n) is 5.57. The molecule has 4 N–H and O–H groups in total. The number of nitrogens with zero attached hydrogens (tertiary/aromatic N) is 3. The lowest BCUT2D eigenvalue weighted by atomic mass is 9.95. The van der Waals surface area contributed by atoms with E-state index in [2.05, 4.69) is 15.3 Å². The first kappa shape index (κ1) is 26.9. The third-order valence-corrected chi connectivity index (χ3v) is 5.87. The summed E-state index contributed by atoms with van der Waals surface area (Å²) < 4.78 is 43.4. The minimum absolute atomic E-state index is 0.0935. The van der Waals surface area contributed by atoms with Crippen LogP contribution in [0.2, 0.25) is 5.02 Å². The van der Waals surface area contributed by atoms with E-state index < -0.39 is 23.7 Å². The number of pyridine rings is 2. The van der Waals surface area contributed by atoms with Crippen LogP contribution in [-0.2, 0) is 22.3 Å². The molecule has 1 saturated heterocycles. The Kier molecular flexibility index (Phi) is 8.51. The summed E-state index contributed by atoms with van der Waals surface area (Å²) in [4.78, 5) is 34.2. The van der Waals surface area contributed by atoms with E-state index >= 15 is 0 Å². The molecule has 192 valence electrons. The topological polar surface area (TPSA) is 134 Å². The lowest BCUT2D eigenvalue weighted by Crippen LogP contribution is -2.44. The van der Waals surface area contributed by atoms with Gasteiger partial charge < -0.3 is 26.1 Å². The molecule has 36 heavy (non-hydrogen) atoms. The van der Waals surface area contributed by atoms with Gasteiger partial charge in [0.15, 0.2) is 0 Å². The minimum atomic E-state index is -4.56. The van der Waals surface area contributed by atoms with Crippen LogP contribution in [0.1, 0.15) is 29.8 Å². The molecule has 0 saturated carbocycles. The summed E-state index contributed by atoms with van der Waals surface area (Å²) in [7, 11) is 1.42. The van der Waals surface area contributed by atoms with Gasteiger partial charge in [0.2, 0.25) is 11.8 Å². The van der Waals surface area contributed by atoms with E-state index in [9.17, 15) is 22.8 Å². The Balaban J connectivity index is 1.53. The molecule has 0 unspecified atom stereocenters. The first-order valence-corrected chi connectivity index (χ1v) is 11.2. The highest BCUT2D eigenvalue weighted by atomic mass is 35.5. The van der Waals surface area contributed by atoms with E-state index in [-0.39, 0.29) is 53.5 Å². The summed E-state index contributed by atoms with van der Waals surface area (Å²) in [6, 6.07) is 4.96. The van der Waals surface area contributed by atoms with E-state index in [1.807, 2.05) is 0 Å². The number of nitrogens with two attached hydrogens (primary N) is 1. The van der Waals surface area contributed by atoms with Gasteiger partial charge in [-0.2, -0.15) is 13.2 Å². The Bertz CT molecular complexity index is 1180. The number of hydrogen-bond donors (Lipinski definition) is 3. The van der Waals surface area contributed by atoms with E-state index in [4.69, 9.17) is 27.5 Å². The molecule has 0 bridgehead atoms. The summed E-state index contributed by atoms with van der Waals surface area (Å²) in [5.41, 5.74) is 5.04. The quantitative estimate of drug-likeness (QED) is 0.376. The van der Waals surface area contributed by atoms with Crippen molar-refractivity contribution in [3.8, 4) is 5.88 Å². The lowest BCUT2D eigenvalue weighted by Gasteiger charge is -2.31. The molecule has 0 atom stereocenters. The van der Waals surface area contributed by atoms with Crippen LogP contribution in [-0.4, -0.2) is 52.6 Å². The SMILES string of the molecule is COc1cc(C(=N)C=C(N)C(=O)N2CCC(C(=O)NCc3cccc(C(F)(F)F)n3)CC2)c(Cl)cn1. The fraction of sp³-hybridized carbons (Fsp3) is 0.348. The van der Waals surface area contributed by atoms with Gasteiger partial charge >= 0.3 is 6.18 Å². The maximum absolute atomic E-state index is 12.8. The standard InChI is InChI=1S/C23H24ClF3N6O3/c1-36-20-9-15(16(24)12-30-20)17(28)10-18(29)22(35)33-7-5-13(6-8-33)21(34)31-11-14-3-2-4-19(32-14)23(25,26)27/h2-4,9-10,12-13,28H,5-8,11,29H2,1H3,(H,31,34). The second kappa shape index (κ2) is 11.4. The van der Waals surface area contributed by atoms with Gasteiger partial charge in [-0.25, -0.2) is 9.97 Å². The molecule has 0 radical (unpaired) electrons. The number of methoxy groups -OCH3 is 1. The van der Waals surface area contributed by atoms with E-state index in [1.54, 1.807) is 0 Å². The number of carbonyl (C=O) groups excluding carboxylic acids is 2. The van der Waals surface area contributed by atoms with Crippen molar-refractivity contribution in [2.75, 3.05) is 20.2 Å². The largest absolute Gasteiger partial charge is 0.481 e. The fourth-order valence-electron chi connectivity index (χ4n) is 3.62. The average molecular weight is 525 g/mol. The molecule has 1 aliphatic heterocycles. The number of amides is 2. The zero-order valence-corrected chi connectivity index (χ0v) is 20.0. The van der Waals surface area contributed by atoms with Gasteiger partial charge in [0.05, 0.1) is 42.0 Å². The summed E-state index contributed by atoms with van der Waals surface area (Å²) in [6.07, 6.45) is -1.33. The van der Waals surface area contributed by atoms with Gasteiger partial charge in [-0.15, -0.1) is 0 Å². The molecule has 13 heteroatoms. The summed E-state index contributed by atoms with van der Waals surface area (Å²) in [5, 5.41) is 11.0. The first-order chi connectivity index (χ1) is 17.0. The van der Waals surface area contributed by atoms with Crippen molar-refractivity contribution in [3.05, 3.63) is 64.2 Å². The van der Waals surface area contributed by atoms with Gasteiger partial charge in [0.25, 0.3) is 5.91 Å². The van der Waals surface area contributed by atoms with E-state index in [0.29, 0.717) is 18.4 Å². The molecule has 3 heterocycles. The predicted octanol–water partition coefficient (Wildman–Crippen LogP) is 2.92. The van der Waals surface area contributed by atoms with Crippen molar-refractivity contribution in [2.24, 2.45) is 11.7 Å². The van der Waals surface area contributed by atoms with Crippen molar-refractivity contribution < 1.29 is 27.5 Å². The van der Waals surface area contributed by atoms with Crippen LogP contribution in [0.3, 0.4) is 0 Å². The van der Waals surface area contributed by atoms with Crippen LogP contribution in [0.5, 0.6) is 5.88 Å². The number of ether oxygens (including phenoxy) is 1. The smallest absolute Gasteiger partial charge is 0.433 e. The molecule has 2 aromatic rings. The second-order valence-corrected chi connectivity index (χ2v) is 8.42. The van der Waals surface area contributed by atoms with Crippen molar-refractivity contribution in [2.45, 2.75) is 25.6 Å². The maximum atomic E-state index is 12.8. The van der Waals surface area contributed by atoms with Gasteiger partial charge in [-0.3, -0.25) is 9.59 Å². The van der Waals surface area contributed by atoms with Crippen molar-refractivity contribution in [1.29, 1.82) is 5.41 Å². The zero-order chi connectivity index (χ0) is 26.5. The predicted molar refractivity (Wildman–Crippen MR) is 125 cm³/mol. The lowest BCUT2D eigenvalue weighted by molar-refractivity contribution is -0.141. The number of nitrogens with one attached hydrogen (secondary N) is 2. The Hall–Kier alpha value is -3.67. The van der Waals surface area contributed by atoms with E-state index in [0.717, 1.165) is 6.07 Å². The number of alkyl halides is 3. The number of halogens is 4. The van der Waals surface area contributed by atoms with Crippen molar-refractivity contribution in [1.82, 2.24) is 20.2 Å². The summed E-state index contributed by atoms with van der Waals surface area (Å²) >= 11 is 6.08.